The van der Waals surface area contributed by atoms with Crippen LogP contribution in [0, 0.1) is 0 Å². The SMILES string of the molecule is O=C(O)C(F)(F)F.O=C1NCCc2[nH]c(-c3ccnc(-c4cc(Cl)cc(Cl)c4)c3)cc21. The van der Waals surface area contributed by atoms with Crippen LogP contribution in [0.25, 0.3) is 22.5 Å². The molecule has 0 aliphatic carbocycles. The van der Waals surface area contributed by atoms with Gasteiger partial charge >= 0.3 is 12.1 Å². The first-order chi connectivity index (χ1) is 14.5. The second-order valence-electron chi connectivity index (χ2n) is 6.47. The molecule has 1 aromatic carbocycles. The van der Waals surface area contributed by atoms with E-state index in [9.17, 15) is 18.0 Å². The summed E-state index contributed by atoms with van der Waals surface area (Å²) in [6.07, 6.45) is -2.54. The largest absolute Gasteiger partial charge is 0.490 e. The summed E-state index contributed by atoms with van der Waals surface area (Å²) < 4.78 is 31.7. The predicted octanol–water partition coefficient (Wildman–Crippen LogP) is 4.97. The average molecular weight is 472 g/mol. The quantitative estimate of drug-likeness (QED) is 0.491. The molecular formula is C20H14Cl2F3N3O3. The molecule has 2 aromatic heterocycles. The molecule has 0 atom stereocenters. The predicted molar refractivity (Wildman–Crippen MR) is 109 cm³/mol. The smallest absolute Gasteiger partial charge is 0.475 e. The summed E-state index contributed by atoms with van der Waals surface area (Å²) in [5.41, 5.74) is 5.16. The van der Waals surface area contributed by atoms with Crippen LogP contribution in [-0.2, 0) is 11.2 Å². The number of nitrogens with zero attached hydrogens (tertiary/aromatic N) is 1. The molecule has 11 heteroatoms. The Bertz CT molecular complexity index is 1130. The van der Waals surface area contributed by atoms with Gasteiger partial charge in [0.25, 0.3) is 5.91 Å². The highest BCUT2D eigenvalue weighted by atomic mass is 35.5. The Morgan fingerprint density at radius 2 is 1.71 bits per heavy atom. The third kappa shape index (κ3) is 5.56. The number of fused-ring (bicyclic) bond motifs is 1. The normalized spacial score (nSPS) is 13.0. The number of rotatable bonds is 2. The molecule has 0 unspecified atom stereocenters. The van der Waals surface area contributed by atoms with Gasteiger partial charge in [-0.05, 0) is 36.4 Å². The van der Waals surface area contributed by atoms with Crippen molar-refractivity contribution in [2.45, 2.75) is 12.6 Å². The van der Waals surface area contributed by atoms with Gasteiger partial charge < -0.3 is 15.4 Å². The number of nitrogens with one attached hydrogen (secondary N) is 2. The maximum absolute atomic E-state index is 11.9. The number of hydrogen-bond donors (Lipinski definition) is 3. The third-order valence-electron chi connectivity index (χ3n) is 4.28. The minimum absolute atomic E-state index is 0.0327. The first kappa shape index (κ1) is 22.6. The summed E-state index contributed by atoms with van der Waals surface area (Å²) in [5.74, 6) is -2.79. The van der Waals surface area contributed by atoms with Crippen LogP contribution >= 0.6 is 23.2 Å². The molecule has 0 spiro atoms. The van der Waals surface area contributed by atoms with Crippen molar-refractivity contribution >= 4 is 35.1 Å². The molecule has 3 aromatic rings. The Hall–Kier alpha value is -3.04. The van der Waals surface area contributed by atoms with Gasteiger partial charge in [0.05, 0.1) is 11.3 Å². The topological polar surface area (TPSA) is 95.1 Å². The van der Waals surface area contributed by atoms with Gasteiger partial charge in [-0.15, -0.1) is 0 Å². The molecule has 0 saturated carbocycles. The number of carboxylic acids is 1. The molecular weight excluding hydrogens is 458 g/mol. The van der Waals surface area contributed by atoms with Gasteiger partial charge in [-0.25, -0.2) is 4.79 Å². The number of carbonyl (C=O) groups excluding carboxylic acids is 1. The number of halogens is 5. The number of carboxylic acid groups (broad SMARTS) is 1. The van der Waals surface area contributed by atoms with Crippen molar-refractivity contribution in [1.82, 2.24) is 15.3 Å². The second-order valence-corrected chi connectivity index (χ2v) is 7.34. The van der Waals surface area contributed by atoms with Gasteiger partial charge in [0, 0.05) is 51.7 Å². The highest BCUT2D eigenvalue weighted by molar-refractivity contribution is 6.35. The first-order valence-corrected chi connectivity index (χ1v) is 9.53. The van der Waals surface area contributed by atoms with E-state index in [1.807, 2.05) is 30.3 Å². The summed E-state index contributed by atoms with van der Waals surface area (Å²) >= 11 is 12.2. The monoisotopic (exact) mass is 471 g/mol. The molecule has 1 aliphatic rings. The Morgan fingerprint density at radius 1 is 1.06 bits per heavy atom. The number of hydrogen-bond acceptors (Lipinski definition) is 3. The van der Waals surface area contributed by atoms with Gasteiger partial charge in [0.1, 0.15) is 0 Å². The summed E-state index contributed by atoms with van der Waals surface area (Å²) in [6, 6.07) is 11.1. The molecule has 1 amide bonds. The number of benzene rings is 1. The highest BCUT2D eigenvalue weighted by Crippen LogP contribution is 2.30. The van der Waals surface area contributed by atoms with E-state index in [-0.39, 0.29) is 5.91 Å². The van der Waals surface area contributed by atoms with Gasteiger partial charge in [-0.2, -0.15) is 13.2 Å². The van der Waals surface area contributed by atoms with Gasteiger partial charge in [0.2, 0.25) is 0 Å². The van der Waals surface area contributed by atoms with E-state index in [4.69, 9.17) is 33.1 Å². The van der Waals surface area contributed by atoms with Gasteiger partial charge in [-0.1, -0.05) is 23.2 Å². The summed E-state index contributed by atoms with van der Waals surface area (Å²) in [7, 11) is 0. The summed E-state index contributed by atoms with van der Waals surface area (Å²) in [4.78, 5) is 28.6. The fraction of sp³-hybridized carbons (Fsp3) is 0.150. The van der Waals surface area contributed by atoms with Gasteiger partial charge in [0.15, 0.2) is 0 Å². The van der Waals surface area contributed by atoms with E-state index in [1.54, 1.807) is 12.3 Å². The molecule has 31 heavy (non-hydrogen) atoms. The fourth-order valence-electron chi connectivity index (χ4n) is 2.91. The van der Waals surface area contributed by atoms with Gasteiger partial charge in [-0.3, -0.25) is 9.78 Å². The molecule has 0 radical (unpaired) electrons. The highest BCUT2D eigenvalue weighted by Gasteiger charge is 2.38. The minimum Gasteiger partial charge on any atom is -0.475 e. The lowest BCUT2D eigenvalue weighted by Crippen LogP contribution is -2.31. The number of alkyl halides is 3. The van der Waals surface area contributed by atoms with Crippen LogP contribution in [0.4, 0.5) is 13.2 Å². The molecule has 0 fully saturated rings. The zero-order chi connectivity index (χ0) is 22.8. The van der Waals surface area contributed by atoms with Crippen molar-refractivity contribution in [3.8, 4) is 22.5 Å². The number of aromatic amines is 1. The lowest BCUT2D eigenvalue weighted by atomic mass is 10.1. The average Bonchev–Trinajstić information content (AvgIpc) is 3.13. The number of carbonyl (C=O) groups is 2. The van der Waals surface area contributed by atoms with E-state index in [0.29, 0.717) is 22.2 Å². The van der Waals surface area contributed by atoms with E-state index >= 15 is 0 Å². The van der Waals surface area contributed by atoms with Crippen molar-refractivity contribution in [1.29, 1.82) is 0 Å². The number of H-pyrrole nitrogens is 1. The molecule has 0 bridgehead atoms. The van der Waals surface area contributed by atoms with Crippen molar-refractivity contribution < 1.29 is 27.9 Å². The van der Waals surface area contributed by atoms with Crippen LogP contribution in [0.3, 0.4) is 0 Å². The molecule has 3 N–H and O–H groups in total. The minimum atomic E-state index is -5.08. The van der Waals surface area contributed by atoms with Crippen LogP contribution in [0.5, 0.6) is 0 Å². The number of pyridine rings is 1. The van der Waals surface area contributed by atoms with Crippen molar-refractivity contribution in [2.75, 3.05) is 6.54 Å². The van der Waals surface area contributed by atoms with E-state index in [2.05, 4.69) is 15.3 Å². The van der Waals surface area contributed by atoms with Crippen LogP contribution in [-0.4, -0.2) is 39.7 Å². The van der Waals surface area contributed by atoms with E-state index in [0.717, 1.165) is 34.6 Å². The summed E-state index contributed by atoms with van der Waals surface area (Å²) in [5, 5.41) is 11.1. The maximum Gasteiger partial charge on any atom is 0.490 e. The summed E-state index contributed by atoms with van der Waals surface area (Å²) in [6.45, 7) is 0.661. The Kier molecular flexibility index (Phi) is 6.56. The Morgan fingerprint density at radius 3 is 2.29 bits per heavy atom. The third-order valence-corrected chi connectivity index (χ3v) is 4.71. The van der Waals surface area contributed by atoms with Crippen molar-refractivity contribution in [3.63, 3.8) is 0 Å². The number of aliphatic carboxylic acids is 1. The standard InChI is InChI=1S/C18H13Cl2N3O.C2HF3O2/c19-12-5-11(6-13(20)8-12)16-7-10(1-3-21-16)17-9-14-15(23-17)2-4-22-18(14)24;3-2(4,5)1(6)7/h1,3,5-9,23H,2,4H2,(H,22,24);(H,6,7). The maximum atomic E-state index is 11.9. The molecule has 6 nitrogen and oxygen atoms in total. The van der Waals surface area contributed by atoms with Crippen LogP contribution < -0.4 is 5.32 Å². The van der Waals surface area contributed by atoms with Crippen LogP contribution in [0.2, 0.25) is 10.0 Å². The van der Waals surface area contributed by atoms with Crippen molar-refractivity contribution in [3.05, 3.63) is 63.9 Å². The number of amides is 1. The fourth-order valence-corrected chi connectivity index (χ4v) is 3.43. The molecule has 162 valence electrons. The number of aromatic nitrogens is 2. The zero-order valence-corrected chi connectivity index (χ0v) is 17.1. The first-order valence-electron chi connectivity index (χ1n) is 8.77. The molecule has 3 heterocycles. The van der Waals surface area contributed by atoms with Crippen LogP contribution in [0.1, 0.15) is 16.1 Å². The lowest BCUT2D eigenvalue weighted by Gasteiger charge is -2.11. The second kappa shape index (κ2) is 8.99. The lowest BCUT2D eigenvalue weighted by molar-refractivity contribution is -0.192. The molecule has 4 rings (SSSR count). The Labute approximate surface area is 184 Å². The zero-order valence-electron chi connectivity index (χ0n) is 15.6. The van der Waals surface area contributed by atoms with Crippen molar-refractivity contribution in [2.24, 2.45) is 0 Å². The van der Waals surface area contributed by atoms with E-state index < -0.39 is 12.1 Å². The van der Waals surface area contributed by atoms with E-state index in [1.165, 1.54) is 0 Å². The van der Waals surface area contributed by atoms with Crippen LogP contribution in [0.15, 0.2) is 42.6 Å². The molecule has 1 aliphatic heterocycles. The molecule has 0 saturated heterocycles. The Balaban J connectivity index is 0.000000339.